The van der Waals surface area contributed by atoms with Gasteiger partial charge in [-0.3, -0.25) is 4.68 Å². The van der Waals surface area contributed by atoms with E-state index in [0.717, 1.165) is 17.2 Å². The zero-order valence-corrected chi connectivity index (χ0v) is 17.2. The minimum atomic E-state index is -4.60. The van der Waals surface area contributed by atoms with Crippen LogP contribution in [0.4, 0.5) is 13.2 Å². The predicted octanol–water partition coefficient (Wildman–Crippen LogP) is 3.52. The summed E-state index contributed by atoms with van der Waals surface area (Å²) in [5.41, 5.74) is -0.800. The van der Waals surface area contributed by atoms with Crippen LogP contribution in [0.1, 0.15) is 43.1 Å². The Labute approximate surface area is 172 Å². The van der Waals surface area contributed by atoms with Crippen molar-refractivity contribution in [3.8, 4) is 11.5 Å². The molecule has 0 spiro atoms. The summed E-state index contributed by atoms with van der Waals surface area (Å²) < 4.78 is 79.8. The Morgan fingerprint density at radius 3 is 2.50 bits per heavy atom. The molecule has 2 aliphatic rings. The Kier molecular flexibility index (Phi) is 5.43. The molecular weight excluding hydrogens is 423 g/mol. The maximum absolute atomic E-state index is 13.5. The molecule has 7 nitrogen and oxygen atoms in total. The summed E-state index contributed by atoms with van der Waals surface area (Å²) >= 11 is 0. The van der Waals surface area contributed by atoms with Crippen molar-refractivity contribution in [2.45, 2.75) is 42.8 Å². The van der Waals surface area contributed by atoms with Gasteiger partial charge in [-0.25, -0.2) is 8.42 Å². The molecule has 164 valence electrons. The quantitative estimate of drug-likeness (QED) is 0.723. The van der Waals surface area contributed by atoms with Crippen molar-refractivity contribution < 1.29 is 31.1 Å². The molecular formula is C19H22F3N3O4S. The van der Waals surface area contributed by atoms with Crippen LogP contribution < -0.4 is 9.47 Å². The van der Waals surface area contributed by atoms with E-state index in [1.807, 2.05) is 0 Å². The van der Waals surface area contributed by atoms with Crippen molar-refractivity contribution in [3.05, 3.63) is 35.7 Å². The lowest BCUT2D eigenvalue weighted by atomic mass is 10.1. The van der Waals surface area contributed by atoms with Crippen molar-refractivity contribution in [1.82, 2.24) is 14.1 Å². The number of halogens is 3. The molecule has 3 heterocycles. The summed E-state index contributed by atoms with van der Waals surface area (Å²) in [6, 6.07) is 4.60. The van der Waals surface area contributed by atoms with Crippen LogP contribution in [0.5, 0.6) is 11.5 Å². The van der Waals surface area contributed by atoms with Gasteiger partial charge in [-0.15, -0.1) is 0 Å². The van der Waals surface area contributed by atoms with Gasteiger partial charge in [0.1, 0.15) is 13.2 Å². The fourth-order valence-corrected chi connectivity index (χ4v) is 5.60. The van der Waals surface area contributed by atoms with E-state index in [-0.39, 0.29) is 17.1 Å². The number of benzene rings is 1. The van der Waals surface area contributed by atoms with Crippen LogP contribution in [-0.2, 0) is 23.2 Å². The van der Waals surface area contributed by atoms with Crippen molar-refractivity contribution in [3.63, 3.8) is 0 Å². The Bertz CT molecular complexity index is 1040. The molecule has 1 aromatic carbocycles. The lowest BCUT2D eigenvalue weighted by Gasteiger charge is -2.29. The molecule has 1 atom stereocenters. The second kappa shape index (κ2) is 7.77. The standard InChI is InChI=1S/C19H22F3N3O4S/c1-24-15(12-18(23-24)19(20,21)22)14-5-3-2-4-8-25(14)30(26,27)13-6-7-16-17(11-13)29-10-9-28-16/h6-7,11-12,14H,2-5,8-10H2,1H3/t14-/m1/s1. The molecule has 0 amide bonds. The van der Waals surface area contributed by atoms with E-state index >= 15 is 0 Å². The third kappa shape index (κ3) is 3.87. The summed E-state index contributed by atoms with van der Waals surface area (Å²) in [4.78, 5) is 0.0249. The smallest absolute Gasteiger partial charge is 0.435 e. The van der Waals surface area contributed by atoms with E-state index in [9.17, 15) is 21.6 Å². The minimum Gasteiger partial charge on any atom is -0.486 e. The highest BCUT2D eigenvalue weighted by Crippen LogP contribution is 2.39. The minimum absolute atomic E-state index is 0.0249. The van der Waals surface area contributed by atoms with Crippen molar-refractivity contribution >= 4 is 10.0 Å². The molecule has 0 unspecified atom stereocenters. The molecule has 4 rings (SSSR count). The normalized spacial score (nSPS) is 20.7. The van der Waals surface area contributed by atoms with Gasteiger partial charge in [0.15, 0.2) is 17.2 Å². The van der Waals surface area contributed by atoms with Crippen LogP contribution in [0.3, 0.4) is 0 Å². The summed E-state index contributed by atoms with van der Waals surface area (Å²) in [5, 5.41) is 3.57. The third-order valence-corrected chi connectivity index (χ3v) is 7.28. The molecule has 1 aromatic heterocycles. The molecule has 2 aliphatic heterocycles. The molecule has 1 saturated heterocycles. The molecule has 0 saturated carbocycles. The maximum atomic E-state index is 13.5. The summed E-state index contributed by atoms with van der Waals surface area (Å²) in [6.07, 6.45) is -2.04. The van der Waals surface area contributed by atoms with E-state index in [1.165, 1.54) is 23.5 Å². The van der Waals surface area contributed by atoms with Gasteiger partial charge >= 0.3 is 6.18 Å². The average molecular weight is 445 g/mol. The number of hydrogen-bond donors (Lipinski definition) is 0. The lowest BCUT2D eigenvalue weighted by molar-refractivity contribution is -0.141. The monoisotopic (exact) mass is 445 g/mol. The highest BCUT2D eigenvalue weighted by molar-refractivity contribution is 7.89. The fraction of sp³-hybridized carbons (Fsp3) is 0.526. The van der Waals surface area contributed by atoms with E-state index in [2.05, 4.69) is 5.10 Å². The van der Waals surface area contributed by atoms with Crippen LogP contribution in [0, 0.1) is 0 Å². The second-order valence-electron chi connectivity index (χ2n) is 7.36. The van der Waals surface area contributed by atoms with E-state index in [0.29, 0.717) is 44.0 Å². The number of hydrogen-bond acceptors (Lipinski definition) is 5. The largest absolute Gasteiger partial charge is 0.486 e. The van der Waals surface area contributed by atoms with Crippen LogP contribution in [0.15, 0.2) is 29.2 Å². The first-order chi connectivity index (χ1) is 14.2. The summed E-state index contributed by atoms with van der Waals surface area (Å²) in [6.45, 7) is 0.918. The fourth-order valence-electron chi connectivity index (χ4n) is 3.92. The number of alkyl halides is 3. The van der Waals surface area contributed by atoms with Crippen molar-refractivity contribution in [1.29, 1.82) is 0 Å². The highest BCUT2D eigenvalue weighted by Gasteiger charge is 2.39. The Morgan fingerprint density at radius 1 is 1.07 bits per heavy atom. The topological polar surface area (TPSA) is 73.7 Å². The highest BCUT2D eigenvalue weighted by atomic mass is 32.2. The number of nitrogens with zero attached hydrogens (tertiary/aromatic N) is 3. The van der Waals surface area contributed by atoms with Crippen LogP contribution in [0.2, 0.25) is 0 Å². The van der Waals surface area contributed by atoms with Gasteiger partial charge in [0.2, 0.25) is 10.0 Å². The SMILES string of the molecule is Cn1nc(C(F)(F)F)cc1[C@H]1CCCCCN1S(=O)(=O)c1ccc2c(c1)OCCO2. The van der Waals surface area contributed by atoms with Crippen molar-refractivity contribution in [2.75, 3.05) is 19.8 Å². The van der Waals surface area contributed by atoms with E-state index < -0.39 is 27.9 Å². The van der Waals surface area contributed by atoms with Gasteiger partial charge in [0.05, 0.1) is 16.6 Å². The molecule has 11 heteroatoms. The van der Waals surface area contributed by atoms with Gasteiger partial charge < -0.3 is 9.47 Å². The van der Waals surface area contributed by atoms with Crippen LogP contribution in [-0.4, -0.2) is 42.3 Å². The third-order valence-electron chi connectivity index (χ3n) is 5.37. The second-order valence-corrected chi connectivity index (χ2v) is 9.25. The van der Waals surface area contributed by atoms with Gasteiger partial charge in [-0.1, -0.05) is 12.8 Å². The number of aryl methyl sites for hydroxylation is 1. The number of sulfonamides is 1. The van der Waals surface area contributed by atoms with Gasteiger partial charge in [0, 0.05) is 19.7 Å². The van der Waals surface area contributed by atoms with Crippen LogP contribution in [0.25, 0.3) is 0 Å². The number of rotatable bonds is 3. The molecule has 2 aromatic rings. The molecule has 0 bridgehead atoms. The number of aromatic nitrogens is 2. The Hall–Kier alpha value is -2.27. The van der Waals surface area contributed by atoms with Crippen molar-refractivity contribution in [2.24, 2.45) is 7.05 Å². The zero-order chi connectivity index (χ0) is 21.5. The first kappa shape index (κ1) is 21.0. The lowest BCUT2D eigenvalue weighted by Crippen LogP contribution is -2.35. The first-order valence-corrected chi connectivity index (χ1v) is 11.1. The van der Waals surface area contributed by atoms with Gasteiger partial charge in [0.25, 0.3) is 0 Å². The zero-order valence-electron chi connectivity index (χ0n) is 16.4. The van der Waals surface area contributed by atoms with Gasteiger partial charge in [-0.2, -0.15) is 22.6 Å². The van der Waals surface area contributed by atoms with E-state index in [1.54, 1.807) is 6.07 Å². The maximum Gasteiger partial charge on any atom is 0.435 e. The summed E-state index contributed by atoms with van der Waals surface area (Å²) in [7, 11) is -2.58. The Morgan fingerprint density at radius 2 is 1.80 bits per heavy atom. The molecule has 30 heavy (non-hydrogen) atoms. The van der Waals surface area contributed by atoms with Crippen LogP contribution >= 0.6 is 0 Å². The molecule has 1 fully saturated rings. The first-order valence-electron chi connectivity index (χ1n) is 9.70. The number of fused-ring (bicyclic) bond motifs is 1. The molecule has 0 aliphatic carbocycles. The molecule has 0 radical (unpaired) electrons. The molecule has 0 N–H and O–H groups in total. The number of ether oxygens (including phenoxy) is 2. The summed E-state index contributed by atoms with van der Waals surface area (Å²) in [5.74, 6) is 0.808. The predicted molar refractivity (Wildman–Crippen MR) is 101 cm³/mol. The van der Waals surface area contributed by atoms with Gasteiger partial charge in [-0.05, 0) is 31.0 Å². The Balaban J connectivity index is 1.74. The average Bonchev–Trinajstić information content (AvgIpc) is 2.94. The van der Waals surface area contributed by atoms with E-state index in [4.69, 9.17) is 9.47 Å².